The Bertz CT molecular complexity index is 511. The minimum atomic E-state index is -0.303. The Hall–Kier alpha value is -1.33. The maximum Gasteiger partial charge on any atom is 0.223 e. The molecule has 0 radical (unpaired) electrons. The van der Waals surface area contributed by atoms with Crippen molar-refractivity contribution in [2.45, 2.75) is 59.0 Å². The highest BCUT2D eigenvalue weighted by atomic mass is 16.3. The third-order valence-electron chi connectivity index (χ3n) is 3.95. The van der Waals surface area contributed by atoms with Gasteiger partial charge in [0, 0.05) is 31.5 Å². The molecule has 0 saturated carbocycles. The molecule has 1 aromatic rings. The second-order valence-electron chi connectivity index (χ2n) is 5.97. The summed E-state index contributed by atoms with van der Waals surface area (Å²) < 4.78 is 2.04. The highest BCUT2D eigenvalue weighted by Crippen LogP contribution is 2.18. The summed E-state index contributed by atoms with van der Waals surface area (Å²) in [7, 11) is 2.01. The highest BCUT2D eigenvalue weighted by molar-refractivity contribution is 5.29. The second kappa shape index (κ2) is 9.64. The van der Waals surface area contributed by atoms with Crippen molar-refractivity contribution in [3.05, 3.63) is 27.7 Å². The number of pyridine rings is 1. The lowest BCUT2D eigenvalue weighted by atomic mass is 10.2. The number of aromatic nitrogens is 1. The lowest BCUT2D eigenvalue weighted by molar-refractivity contribution is 0.280. The monoisotopic (exact) mass is 310 g/mol. The molecule has 0 spiro atoms. The van der Waals surface area contributed by atoms with Crippen LogP contribution in [0.25, 0.3) is 0 Å². The number of rotatable bonds is 10. The summed E-state index contributed by atoms with van der Waals surface area (Å²) in [6.45, 7) is 6.54. The molecule has 22 heavy (non-hydrogen) atoms. The molecule has 0 amide bonds. The van der Waals surface area contributed by atoms with E-state index in [9.17, 15) is 9.90 Å². The van der Waals surface area contributed by atoms with Gasteiger partial charge in [-0.3, -0.25) is 4.79 Å². The van der Waals surface area contributed by atoms with Crippen LogP contribution < -0.4 is 5.43 Å². The third kappa shape index (κ3) is 5.46. The molecule has 0 aliphatic heterocycles. The zero-order valence-electron chi connectivity index (χ0n) is 14.1. The molecule has 0 atom stereocenters. The summed E-state index contributed by atoms with van der Waals surface area (Å²) >= 11 is 0. The van der Waals surface area contributed by atoms with Gasteiger partial charge in [-0.2, -0.15) is 0 Å². The Kier molecular flexibility index (Phi) is 8.20. The number of hydrogen-bond donors (Lipinski definition) is 2. The molecule has 5 heteroatoms. The predicted octanol–water partition coefficient (Wildman–Crippen LogP) is 2.26. The van der Waals surface area contributed by atoms with E-state index in [0.717, 1.165) is 50.9 Å². The van der Waals surface area contributed by atoms with Gasteiger partial charge >= 0.3 is 0 Å². The van der Waals surface area contributed by atoms with Gasteiger partial charge in [0.15, 0.2) is 5.75 Å². The van der Waals surface area contributed by atoms with Crippen LogP contribution in [0.2, 0.25) is 0 Å². The summed E-state index contributed by atoms with van der Waals surface area (Å²) in [4.78, 5) is 14.0. The maximum atomic E-state index is 11.9. The number of nitrogens with zero attached hydrogens (tertiary/aromatic N) is 2. The smallest absolute Gasteiger partial charge is 0.223 e. The first-order valence-electron chi connectivity index (χ1n) is 8.23. The zero-order chi connectivity index (χ0) is 16.5. The molecule has 0 aliphatic carbocycles. The average molecular weight is 310 g/mol. The van der Waals surface area contributed by atoms with Gasteiger partial charge in [0.25, 0.3) is 0 Å². The molecule has 126 valence electrons. The fourth-order valence-electron chi connectivity index (χ4n) is 2.61. The number of aromatic hydroxyl groups is 1. The molecule has 0 fully saturated rings. The van der Waals surface area contributed by atoms with Crippen molar-refractivity contribution in [2.24, 2.45) is 0 Å². The van der Waals surface area contributed by atoms with E-state index >= 15 is 0 Å². The van der Waals surface area contributed by atoms with E-state index in [1.807, 2.05) is 18.5 Å². The van der Waals surface area contributed by atoms with Crippen molar-refractivity contribution in [2.75, 3.05) is 20.2 Å². The van der Waals surface area contributed by atoms with Crippen LogP contribution in [0.15, 0.2) is 10.9 Å². The van der Waals surface area contributed by atoms with E-state index < -0.39 is 0 Å². The molecule has 0 bridgehead atoms. The van der Waals surface area contributed by atoms with Gasteiger partial charge in [0.05, 0.1) is 5.69 Å². The highest BCUT2D eigenvalue weighted by Gasteiger charge is 2.14. The number of aliphatic hydroxyl groups is 1. The van der Waals surface area contributed by atoms with Crippen LogP contribution >= 0.6 is 0 Å². The van der Waals surface area contributed by atoms with Crippen molar-refractivity contribution in [3.8, 4) is 5.75 Å². The Morgan fingerprint density at radius 2 is 1.95 bits per heavy atom. The van der Waals surface area contributed by atoms with Crippen LogP contribution in [0.1, 0.15) is 50.4 Å². The molecule has 0 saturated heterocycles. The quantitative estimate of drug-likeness (QED) is 0.651. The fraction of sp³-hybridized carbons (Fsp3) is 0.706. The fourth-order valence-corrected chi connectivity index (χ4v) is 2.61. The lowest BCUT2D eigenvalue weighted by Gasteiger charge is -2.22. The molecule has 5 nitrogen and oxygen atoms in total. The van der Waals surface area contributed by atoms with Gasteiger partial charge in [-0.15, -0.1) is 0 Å². The Morgan fingerprint density at radius 1 is 1.23 bits per heavy atom. The summed E-state index contributed by atoms with van der Waals surface area (Å²) in [6, 6.07) is 1.50. The van der Waals surface area contributed by atoms with Gasteiger partial charge in [-0.1, -0.05) is 13.3 Å². The summed E-state index contributed by atoms with van der Waals surface area (Å²) in [5.41, 5.74) is 1.28. The van der Waals surface area contributed by atoms with E-state index in [1.54, 1.807) is 0 Å². The second-order valence-corrected chi connectivity index (χ2v) is 5.97. The molecule has 1 heterocycles. The topological polar surface area (TPSA) is 65.7 Å². The van der Waals surface area contributed by atoms with Crippen LogP contribution in [0.5, 0.6) is 5.75 Å². The molecule has 0 aromatic carbocycles. The standard InChI is InChI=1S/C17H30N2O3/c1-4-5-9-18(3)13-15-17(22)16(21)12-14(2)19(15)10-7-6-8-11-20/h12,20,22H,4-11,13H2,1-3H3. The van der Waals surface area contributed by atoms with Crippen LogP contribution in [0, 0.1) is 6.92 Å². The largest absolute Gasteiger partial charge is 0.503 e. The van der Waals surface area contributed by atoms with Crippen LogP contribution in [0.3, 0.4) is 0 Å². The predicted molar refractivity (Wildman–Crippen MR) is 89.3 cm³/mol. The molecule has 1 aromatic heterocycles. The van der Waals surface area contributed by atoms with E-state index in [-0.39, 0.29) is 17.8 Å². The van der Waals surface area contributed by atoms with Crippen molar-refractivity contribution < 1.29 is 10.2 Å². The first kappa shape index (κ1) is 18.7. The first-order chi connectivity index (χ1) is 10.5. The van der Waals surface area contributed by atoms with Crippen molar-refractivity contribution in [1.82, 2.24) is 9.47 Å². The van der Waals surface area contributed by atoms with Crippen LogP contribution in [0.4, 0.5) is 0 Å². The minimum absolute atomic E-state index is 0.129. The van der Waals surface area contributed by atoms with Gasteiger partial charge in [-0.25, -0.2) is 0 Å². The molecule has 2 N–H and O–H groups in total. The number of hydrogen-bond acceptors (Lipinski definition) is 4. The maximum absolute atomic E-state index is 11.9. The first-order valence-corrected chi connectivity index (χ1v) is 8.23. The average Bonchev–Trinajstić information content (AvgIpc) is 2.49. The van der Waals surface area contributed by atoms with Crippen LogP contribution in [-0.4, -0.2) is 39.9 Å². The Balaban J connectivity index is 2.92. The molecule has 0 aliphatic rings. The number of aliphatic hydroxyl groups excluding tert-OH is 1. The number of aryl methyl sites for hydroxylation is 1. The van der Waals surface area contributed by atoms with E-state index in [2.05, 4.69) is 11.8 Å². The van der Waals surface area contributed by atoms with Gasteiger partial charge < -0.3 is 19.7 Å². The summed E-state index contributed by atoms with van der Waals surface area (Å²) in [6.07, 6.45) is 4.88. The molecular formula is C17H30N2O3. The normalized spacial score (nSPS) is 11.3. The minimum Gasteiger partial charge on any atom is -0.503 e. The zero-order valence-corrected chi connectivity index (χ0v) is 14.1. The number of unbranched alkanes of at least 4 members (excludes halogenated alkanes) is 3. The molecular weight excluding hydrogens is 280 g/mol. The molecule has 0 unspecified atom stereocenters. The van der Waals surface area contributed by atoms with Gasteiger partial charge in [-0.05, 0) is 46.2 Å². The lowest BCUT2D eigenvalue weighted by Crippen LogP contribution is -2.25. The molecule has 1 rings (SSSR count). The summed E-state index contributed by atoms with van der Waals surface area (Å²) in [5.74, 6) is -0.129. The van der Waals surface area contributed by atoms with Gasteiger partial charge in [0.1, 0.15) is 0 Å². The Morgan fingerprint density at radius 3 is 2.59 bits per heavy atom. The Labute approximate surface area is 133 Å². The van der Waals surface area contributed by atoms with E-state index in [1.165, 1.54) is 6.07 Å². The van der Waals surface area contributed by atoms with Crippen molar-refractivity contribution in [3.63, 3.8) is 0 Å². The van der Waals surface area contributed by atoms with Crippen molar-refractivity contribution in [1.29, 1.82) is 0 Å². The van der Waals surface area contributed by atoms with Crippen molar-refractivity contribution >= 4 is 0 Å². The van der Waals surface area contributed by atoms with E-state index in [4.69, 9.17) is 5.11 Å². The SMILES string of the molecule is CCCCN(C)Cc1c(O)c(=O)cc(C)n1CCCCCO. The third-order valence-corrected chi connectivity index (χ3v) is 3.95. The van der Waals surface area contributed by atoms with E-state index in [0.29, 0.717) is 12.2 Å². The summed E-state index contributed by atoms with van der Waals surface area (Å²) in [5, 5.41) is 19.0. The van der Waals surface area contributed by atoms with Crippen LogP contribution in [-0.2, 0) is 13.1 Å². The van der Waals surface area contributed by atoms with Gasteiger partial charge in [0.2, 0.25) is 5.43 Å².